The number of halogens is 1. The van der Waals surface area contributed by atoms with E-state index in [0.29, 0.717) is 42.8 Å². The van der Waals surface area contributed by atoms with Crippen LogP contribution in [0.4, 0.5) is 5.69 Å². The molecule has 1 aliphatic heterocycles. The minimum Gasteiger partial charge on any atom is -0.494 e. The Morgan fingerprint density at radius 2 is 2.04 bits per heavy atom. The van der Waals surface area contributed by atoms with Crippen molar-refractivity contribution < 1.29 is 13.9 Å². The molecule has 0 atom stereocenters. The summed E-state index contributed by atoms with van der Waals surface area (Å²) in [6, 6.07) is 3.55. The number of carbonyl (C=O) groups is 1. The highest BCUT2D eigenvalue weighted by molar-refractivity contribution is 9.10. The number of carbonyl (C=O) groups excluding carboxylic acids is 1. The van der Waals surface area contributed by atoms with Crippen LogP contribution >= 0.6 is 15.9 Å². The van der Waals surface area contributed by atoms with Crippen molar-refractivity contribution in [1.82, 2.24) is 14.9 Å². The van der Waals surface area contributed by atoms with Crippen LogP contribution in [0.25, 0.3) is 11.1 Å². The van der Waals surface area contributed by atoms with Gasteiger partial charge in [0.25, 0.3) is 5.91 Å². The maximum Gasteiger partial charge on any atom is 0.257 e. The lowest BCUT2D eigenvalue weighted by Crippen LogP contribution is -2.49. The lowest BCUT2D eigenvalue weighted by molar-refractivity contribution is 0.0747. The second-order valence-electron chi connectivity index (χ2n) is 5.95. The van der Waals surface area contributed by atoms with E-state index < -0.39 is 0 Å². The van der Waals surface area contributed by atoms with Crippen LogP contribution in [-0.2, 0) is 0 Å². The van der Waals surface area contributed by atoms with Gasteiger partial charge in [0, 0.05) is 44.6 Å². The lowest BCUT2D eigenvalue weighted by Gasteiger charge is -2.36. The molecule has 0 bridgehead atoms. The van der Waals surface area contributed by atoms with E-state index in [4.69, 9.17) is 9.15 Å². The monoisotopic (exact) mass is 416 g/mol. The molecular weight excluding hydrogens is 400 g/mol. The number of aromatic nitrogens is 2. The first-order chi connectivity index (χ1) is 12.7. The van der Waals surface area contributed by atoms with Gasteiger partial charge < -0.3 is 19.0 Å². The van der Waals surface area contributed by atoms with E-state index in [1.165, 1.54) is 0 Å². The maximum absolute atomic E-state index is 13.0. The fraction of sp³-hybridized carbons (Fsp3) is 0.278. The number of anilines is 1. The predicted octanol–water partition coefficient (Wildman–Crippen LogP) is 2.96. The molecule has 0 aromatic carbocycles. The van der Waals surface area contributed by atoms with Gasteiger partial charge in [-0.3, -0.25) is 14.8 Å². The van der Waals surface area contributed by atoms with E-state index >= 15 is 0 Å². The third kappa shape index (κ3) is 2.90. The Hall–Kier alpha value is -2.61. The second-order valence-corrected chi connectivity index (χ2v) is 6.80. The number of hydrogen-bond acceptors (Lipinski definition) is 6. The highest BCUT2D eigenvalue weighted by atomic mass is 79.9. The molecule has 1 fully saturated rings. The van der Waals surface area contributed by atoms with E-state index in [0.717, 1.165) is 15.9 Å². The number of amides is 1. The SMILES string of the molecule is COc1ccncc1N1CCN(C(=O)c2ccnc3c(Br)coc23)CC1. The quantitative estimate of drug-likeness (QED) is 0.653. The molecule has 4 heterocycles. The Balaban J connectivity index is 1.52. The van der Waals surface area contributed by atoms with E-state index in [2.05, 4.69) is 30.8 Å². The summed E-state index contributed by atoms with van der Waals surface area (Å²) in [5, 5.41) is 0. The van der Waals surface area contributed by atoms with Gasteiger partial charge in [-0.05, 0) is 22.0 Å². The molecule has 0 spiro atoms. The largest absolute Gasteiger partial charge is 0.494 e. The second kappa shape index (κ2) is 6.95. The van der Waals surface area contributed by atoms with Crippen LogP contribution in [0.2, 0.25) is 0 Å². The standard InChI is InChI=1S/C18H17BrN4O3/c1-25-15-3-4-20-10-14(15)22-6-8-23(9-7-22)18(24)12-2-5-21-16-13(19)11-26-17(12)16/h2-5,10-11H,6-9H2,1H3. The normalized spacial score (nSPS) is 14.7. The predicted molar refractivity (Wildman–Crippen MR) is 101 cm³/mol. The first kappa shape index (κ1) is 16.8. The van der Waals surface area contributed by atoms with Crippen molar-refractivity contribution in [3.63, 3.8) is 0 Å². The van der Waals surface area contributed by atoms with Gasteiger partial charge in [-0.2, -0.15) is 0 Å². The van der Waals surface area contributed by atoms with Gasteiger partial charge >= 0.3 is 0 Å². The molecule has 8 heteroatoms. The Morgan fingerprint density at radius 1 is 1.23 bits per heavy atom. The number of piperazine rings is 1. The summed E-state index contributed by atoms with van der Waals surface area (Å²) in [4.78, 5) is 25.4. The molecule has 1 aliphatic rings. The summed E-state index contributed by atoms with van der Waals surface area (Å²) in [7, 11) is 1.65. The zero-order valence-electron chi connectivity index (χ0n) is 14.2. The Morgan fingerprint density at radius 3 is 2.81 bits per heavy atom. The fourth-order valence-corrected chi connectivity index (χ4v) is 3.55. The number of fused-ring (bicyclic) bond motifs is 1. The molecule has 134 valence electrons. The van der Waals surface area contributed by atoms with E-state index in [-0.39, 0.29) is 5.91 Å². The molecule has 0 aliphatic carbocycles. The number of ether oxygens (including phenoxy) is 1. The van der Waals surface area contributed by atoms with E-state index in [9.17, 15) is 4.79 Å². The Kier molecular flexibility index (Phi) is 4.50. The van der Waals surface area contributed by atoms with Gasteiger partial charge in [0.05, 0.1) is 29.0 Å². The zero-order valence-corrected chi connectivity index (χ0v) is 15.8. The van der Waals surface area contributed by atoms with Crippen molar-refractivity contribution >= 4 is 38.6 Å². The van der Waals surface area contributed by atoms with E-state index in [1.54, 1.807) is 38.0 Å². The summed E-state index contributed by atoms with van der Waals surface area (Å²) in [6.45, 7) is 2.65. The number of hydrogen-bond donors (Lipinski definition) is 0. The molecule has 26 heavy (non-hydrogen) atoms. The van der Waals surface area contributed by atoms with Crippen molar-refractivity contribution in [1.29, 1.82) is 0 Å². The van der Waals surface area contributed by atoms with E-state index in [1.807, 2.05) is 11.0 Å². The topological polar surface area (TPSA) is 71.7 Å². The molecule has 0 unspecified atom stereocenters. The lowest BCUT2D eigenvalue weighted by atomic mass is 10.2. The maximum atomic E-state index is 13.0. The van der Waals surface area contributed by atoms with Crippen molar-refractivity contribution in [2.75, 3.05) is 38.2 Å². The molecular formula is C18H17BrN4O3. The summed E-state index contributed by atoms with van der Waals surface area (Å²) in [5.74, 6) is 0.744. The average Bonchev–Trinajstić information content (AvgIpc) is 3.09. The molecule has 1 saturated heterocycles. The number of methoxy groups -OCH3 is 1. The van der Waals surface area contributed by atoms with Gasteiger partial charge in [-0.25, -0.2) is 0 Å². The van der Waals surface area contributed by atoms with Crippen LogP contribution in [0, 0.1) is 0 Å². The molecule has 7 nitrogen and oxygen atoms in total. The number of pyridine rings is 2. The van der Waals surface area contributed by atoms with Gasteiger partial charge in [-0.15, -0.1) is 0 Å². The molecule has 1 amide bonds. The van der Waals surface area contributed by atoms with Crippen LogP contribution < -0.4 is 9.64 Å². The third-order valence-corrected chi connectivity index (χ3v) is 5.09. The van der Waals surface area contributed by atoms with Gasteiger partial charge in [0.2, 0.25) is 0 Å². The van der Waals surface area contributed by atoms with Crippen molar-refractivity contribution in [3.05, 3.63) is 47.0 Å². The molecule has 0 N–H and O–H groups in total. The molecule has 0 saturated carbocycles. The number of nitrogens with zero attached hydrogens (tertiary/aromatic N) is 4. The molecule has 4 rings (SSSR count). The first-order valence-electron chi connectivity index (χ1n) is 8.23. The smallest absolute Gasteiger partial charge is 0.257 e. The minimum absolute atomic E-state index is 0.0444. The van der Waals surface area contributed by atoms with Crippen molar-refractivity contribution in [2.45, 2.75) is 0 Å². The minimum atomic E-state index is -0.0444. The highest BCUT2D eigenvalue weighted by Gasteiger charge is 2.26. The van der Waals surface area contributed by atoms with Crippen LogP contribution in [-0.4, -0.2) is 54.1 Å². The molecule has 3 aromatic heterocycles. The molecule has 0 radical (unpaired) electrons. The van der Waals surface area contributed by atoms with Crippen LogP contribution in [0.1, 0.15) is 10.4 Å². The summed E-state index contributed by atoms with van der Waals surface area (Å²) < 4.78 is 11.7. The van der Waals surface area contributed by atoms with Crippen LogP contribution in [0.3, 0.4) is 0 Å². The van der Waals surface area contributed by atoms with Gasteiger partial charge in [0.15, 0.2) is 5.58 Å². The van der Waals surface area contributed by atoms with Gasteiger partial charge in [-0.1, -0.05) is 0 Å². The summed E-state index contributed by atoms with van der Waals surface area (Å²) in [5.41, 5.74) is 2.66. The highest BCUT2D eigenvalue weighted by Crippen LogP contribution is 2.29. The van der Waals surface area contributed by atoms with Gasteiger partial charge in [0.1, 0.15) is 17.5 Å². The summed E-state index contributed by atoms with van der Waals surface area (Å²) in [6.07, 6.45) is 6.69. The molecule has 3 aromatic rings. The average molecular weight is 417 g/mol. The number of furan rings is 1. The van der Waals surface area contributed by atoms with Crippen molar-refractivity contribution in [3.8, 4) is 5.75 Å². The number of rotatable bonds is 3. The van der Waals surface area contributed by atoms with Crippen LogP contribution in [0.15, 0.2) is 45.9 Å². The fourth-order valence-electron chi connectivity index (χ4n) is 3.18. The van der Waals surface area contributed by atoms with Crippen LogP contribution in [0.5, 0.6) is 5.75 Å². The third-order valence-electron chi connectivity index (χ3n) is 4.53. The Labute approximate surface area is 158 Å². The Bertz CT molecular complexity index is 951. The zero-order chi connectivity index (χ0) is 18.1. The first-order valence-corrected chi connectivity index (χ1v) is 9.02. The van der Waals surface area contributed by atoms with Crippen molar-refractivity contribution in [2.24, 2.45) is 0 Å². The summed E-state index contributed by atoms with van der Waals surface area (Å²) >= 11 is 3.39.